The number of aliphatic hydroxyl groups is 1. The number of hydrogen-bond acceptors (Lipinski definition) is 2. The van der Waals surface area contributed by atoms with Gasteiger partial charge in [-0.05, 0) is 31.5 Å². The highest BCUT2D eigenvalue weighted by Crippen LogP contribution is 2.28. The minimum absolute atomic E-state index is 0.0165. The lowest BCUT2D eigenvalue weighted by Gasteiger charge is -2.17. The average molecular weight is 246 g/mol. The minimum Gasteiger partial charge on any atom is -0.386 e. The van der Waals surface area contributed by atoms with Gasteiger partial charge in [0.15, 0.2) is 0 Å². The van der Waals surface area contributed by atoms with Crippen LogP contribution in [0.15, 0.2) is 18.2 Å². The molecule has 3 nitrogen and oxygen atoms in total. The second-order valence-corrected chi connectivity index (χ2v) is 6.51. The van der Waals surface area contributed by atoms with E-state index in [1.807, 2.05) is 25.2 Å². The maximum Gasteiger partial charge on any atom is 0.115 e. The molecule has 1 heterocycles. The molecule has 0 aliphatic carbocycles. The molecule has 1 aromatic heterocycles. The Morgan fingerprint density at radius 2 is 1.72 bits per heavy atom. The second kappa shape index (κ2) is 3.82. The molecule has 18 heavy (non-hydrogen) atoms. The zero-order valence-electron chi connectivity index (χ0n) is 12.1. The molecule has 0 saturated carbocycles. The van der Waals surface area contributed by atoms with Crippen LogP contribution in [0.5, 0.6) is 0 Å². The number of fused-ring (bicyclic) bond motifs is 1. The molecule has 0 radical (unpaired) electrons. The van der Waals surface area contributed by atoms with Crippen molar-refractivity contribution in [2.75, 3.05) is 0 Å². The average Bonchev–Trinajstić information content (AvgIpc) is 2.54. The number of nitrogens with zero attached hydrogens (tertiary/aromatic N) is 2. The van der Waals surface area contributed by atoms with E-state index in [4.69, 9.17) is 4.98 Å². The largest absolute Gasteiger partial charge is 0.386 e. The lowest BCUT2D eigenvalue weighted by molar-refractivity contribution is 0.0787. The molecule has 0 aliphatic heterocycles. The Morgan fingerprint density at radius 3 is 2.22 bits per heavy atom. The zero-order chi connectivity index (χ0) is 13.7. The van der Waals surface area contributed by atoms with Gasteiger partial charge in [0.1, 0.15) is 5.82 Å². The Hall–Kier alpha value is -1.35. The number of benzene rings is 1. The van der Waals surface area contributed by atoms with Crippen molar-refractivity contribution in [3.8, 4) is 0 Å². The summed E-state index contributed by atoms with van der Waals surface area (Å²) < 4.78 is 2.13. The lowest BCUT2D eigenvalue weighted by atomic mass is 9.96. The van der Waals surface area contributed by atoms with Gasteiger partial charge in [0.05, 0.1) is 16.6 Å². The maximum absolute atomic E-state index is 10.0. The van der Waals surface area contributed by atoms with Crippen LogP contribution in [0.2, 0.25) is 0 Å². The van der Waals surface area contributed by atoms with Gasteiger partial charge in [0.25, 0.3) is 0 Å². The number of rotatable bonds is 1. The molecule has 0 aliphatic rings. The Balaban J connectivity index is 2.67. The van der Waals surface area contributed by atoms with E-state index in [1.165, 1.54) is 0 Å². The van der Waals surface area contributed by atoms with Crippen LogP contribution in [0, 0.1) is 0 Å². The quantitative estimate of drug-likeness (QED) is 0.839. The van der Waals surface area contributed by atoms with Crippen LogP contribution in [-0.4, -0.2) is 14.7 Å². The Morgan fingerprint density at radius 1 is 1.11 bits per heavy atom. The fourth-order valence-corrected chi connectivity index (χ4v) is 2.25. The van der Waals surface area contributed by atoms with Gasteiger partial charge >= 0.3 is 0 Å². The number of hydrogen-bond donors (Lipinski definition) is 1. The van der Waals surface area contributed by atoms with Gasteiger partial charge in [0, 0.05) is 12.5 Å². The van der Waals surface area contributed by atoms with Gasteiger partial charge in [-0.2, -0.15) is 0 Å². The predicted octanol–water partition coefficient (Wildman–Crippen LogP) is 3.10. The van der Waals surface area contributed by atoms with Crippen molar-refractivity contribution in [3.05, 3.63) is 29.6 Å². The molecule has 3 heteroatoms. The third-order valence-corrected chi connectivity index (χ3v) is 3.26. The third kappa shape index (κ3) is 2.15. The fraction of sp³-hybridized carbons (Fsp3) is 0.533. The van der Waals surface area contributed by atoms with Gasteiger partial charge in [-0.25, -0.2) is 4.98 Å². The molecule has 0 bridgehead atoms. The van der Waals surface area contributed by atoms with Gasteiger partial charge in [-0.15, -0.1) is 0 Å². The standard InChI is InChI=1S/C15H22N2O/c1-14(2,3)13-16-11-9-10(15(4,5)18)7-8-12(11)17(13)6/h7-9,18H,1-6H3. The first-order chi connectivity index (χ1) is 8.10. The van der Waals surface area contributed by atoms with Gasteiger partial charge in [-0.3, -0.25) is 0 Å². The van der Waals surface area contributed by atoms with E-state index in [0.717, 1.165) is 22.4 Å². The lowest BCUT2D eigenvalue weighted by Crippen LogP contribution is -2.17. The predicted molar refractivity (Wildman–Crippen MR) is 74.7 cm³/mol. The molecule has 0 amide bonds. The number of imidazole rings is 1. The second-order valence-electron chi connectivity index (χ2n) is 6.51. The highest BCUT2D eigenvalue weighted by atomic mass is 16.3. The first-order valence-corrected chi connectivity index (χ1v) is 6.30. The van der Waals surface area contributed by atoms with E-state index in [0.29, 0.717) is 0 Å². The molecular weight excluding hydrogens is 224 g/mol. The first-order valence-electron chi connectivity index (χ1n) is 6.30. The molecule has 98 valence electrons. The van der Waals surface area contributed by atoms with E-state index in [9.17, 15) is 5.11 Å². The molecular formula is C15H22N2O. The van der Waals surface area contributed by atoms with E-state index < -0.39 is 5.60 Å². The first kappa shape index (κ1) is 13.1. The minimum atomic E-state index is -0.826. The summed E-state index contributed by atoms with van der Waals surface area (Å²) >= 11 is 0. The Kier molecular flexibility index (Phi) is 2.78. The summed E-state index contributed by atoms with van der Waals surface area (Å²) in [5.74, 6) is 1.06. The van der Waals surface area contributed by atoms with E-state index in [-0.39, 0.29) is 5.41 Å². The van der Waals surface area contributed by atoms with Crippen molar-refractivity contribution < 1.29 is 5.11 Å². The zero-order valence-corrected chi connectivity index (χ0v) is 12.1. The van der Waals surface area contributed by atoms with Crippen molar-refractivity contribution >= 4 is 11.0 Å². The molecule has 1 aromatic carbocycles. The van der Waals surface area contributed by atoms with Crippen LogP contribution in [0.4, 0.5) is 0 Å². The summed E-state index contributed by atoms with van der Waals surface area (Å²) in [6.45, 7) is 10.1. The topological polar surface area (TPSA) is 38.0 Å². The summed E-state index contributed by atoms with van der Waals surface area (Å²) in [6.07, 6.45) is 0. The Bertz CT molecular complexity index is 583. The van der Waals surface area contributed by atoms with Crippen molar-refractivity contribution in [3.63, 3.8) is 0 Å². The highest BCUT2D eigenvalue weighted by Gasteiger charge is 2.22. The van der Waals surface area contributed by atoms with E-state index >= 15 is 0 Å². The van der Waals surface area contributed by atoms with Gasteiger partial charge in [-0.1, -0.05) is 26.8 Å². The monoisotopic (exact) mass is 246 g/mol. The normalized spacial score (nSPS) is 13.3. The molecule has 0 atom stereocenters. The molecule has 2 rings (SSSR count). The van der Waals surface area contributed by atoms with Crippen LogP contribution in [0.1, 0.15) is 46.0 Å². The third-order valence-electron chi connectivity index (χ3n) is 3.26. The van der Waals surface area contributed by atoms with Crippen LogP contribution in [-0.2, 0) is 18.1 Å². The van der Waals surface area contributed by atoms with Crippen molar-refractivity contribution in [1.82, 2.24) is 9.55 Å². The molecule has 0 saturated heterocycles. The van der Waals surface area contributed by atoms with Crippen molar-refractivity contribution in [2.45, 2.75) is 45.6 Å². The molecule has 1 N–H and O–H groups in total. The smallest absolute Gasteiger partial charge is 0.115 e. The van der Waals surface area contributed by atoms with E-state index in [1.54, 1.807) is 13.8 Å². The fourth-order valence-electron chi connectivity index (χ4n) is 2.25. The molecule has 0 unspecified atom stereocenters. The summed E-state index contributed by atoms with van der Waals surface area (Å²) in [6, 6.07) is 5.98. The summed E-state index contributed by atoms with van der Waals surface area (Å²) in [5.41, 5.74) is 2.14. The molecule has 0 spiro atoms. The van der Waals surface area contributed by atoms with Crippen LogP contribution < -0.4 is 0 Å². The molecule has 0 fully saturated rings. The Labute approximate surface area is 108 Å². The SMILES string of the molecule is Cn1c(C(C)(C)C)nc2cc(C(C)(C)O)ccc21. The van der Waals surface area contributed by atoms with Crippen LogP contribution in [0.3, 0.4) is 0 Å². The van der Waals surface area contributed by atoms with Gasteiger partial charge in [0.2, 0.25) is 0 Å². The summed E-state index contributed by atoms with van der Waals surface area (Å²) in [5, 5.41) is 10.0. The van der Waals surface area contributed by atoms with E-state index in [2.05, 4.69) is 25.3 Å². The van der Waals surface area contributed by atoms with Gasteiger partial charge < -0.3 is 9.67 Å². The van der Waals surface area contributed by atoms with Crippen molar-refractivity contribution in [1.29, 1.82) is 0 Å². The van der Waals surface area contributed by atoms with Crippen LogP contribution >= 0.6 is 0 Å². The van der Waals surface area contributed by atoms with Crippen molar-refractivity contribution in [2.24, 2.45) is 7.05 Å². The number of aryl methyl sites for hydroxylation is 1. The summed E-state index contributed by atoms with van der Waals surface area (Å²) in [7, 11) is 2.04. The summed E-state index contributed by atoms with van der Waals surface area (Å²) in [4.78, 5) is 4.71. The van der Waals surface area contributed by atoms with Crippen LogP contribution in [0.25, 0.3) is 11.0 Å². The molecule has 2 aromatic rings. The number of aromatic nitrogens is 2. The highest BCUT2D eigenvalue weighted by molar-refractivity contribution is 5.77. The maximum atomic E-state index is 10.0.